The van der Waals surface area contributed by atoms with Crippen LogP contribution in [0.1, 0.15) is 16.7 Å². The lowest BCUT2D eigenvalue weighted by atomic mass is 10.2. The van der Waals surface area contributed by atoms with E-state index in [1.165, 1.54) is 15.4 Å². The van der Waals surface area contributed by atoms with Crippen molar-refractivity contribution in [2.24, 2.45) is 0 Å². The Morgan fingerprint density at radius 2 is 2.00 bits per heavy atom. The van der Waals surface area contributed by atoms with Crippen LogP contribution < -0.4 is 15.0 Å². The van der Waals surface area contributed by atoms with Gasteiger partial charge in [-0.2, -0.15) is 0 Å². The fourth-order valence-electron chi connectivity index (χ4n) is 2.02. The van der Waals surface area contributed by atoms with Crippen molar-refractivity contribution >= 4 is 17.0 Å². The van der Waals surface area contributed by atoms with Crippen LogP contribution in [0.15, 0.2) is 36.4 Å². The Balaban J connectivity index is 1.99. The first-order valence-electron chi connectivity index (χ1n) is 6.86. The Hall–Kier alpha value is -1.52. The highest BCUT2D eigenvalue weighted by Crippen LogP contribution is 2.24. The first-order chi connectivity index (χ1) is 9.72. The van der Waals surface area contributed by atoms with Crippen molar-refractivity contribution in [1.82, 2.24) is 5.32 Å². The van der Waals surface area contributed by atoms with Crippen molar-refractivity contribution in [2.75, 3.05) is 25.6 Å². The van der Waals surface area contributed by atoms with Crippen molar-refractivity contribution in [2.45, 2.75) is 20.0 Å². The quantitative estimate of drug-likeness (QED) is 0.844. The number of thiophene rings is 1. The highest BCUT2D eigenvalue weighted by atomic mass is 32.1. The summed E-state index contributed by atoms with van der Waals surface area (Å²) in [5.74, 6) is 0.897. The summed E-state index contributed by atoms with van der Waals surface area (Å²) in [5.41, 5.74) is 1.17. The number of anilines is 1. The Bertz CT molecular complexity index is 539. The van der Waals surface area contributed by atoms with Gasteiger partial charge in [0.1, 0.15) is 5.75 Å². The number of nitrogens with zero attached hydrogens (tertiary/aromatic N) is 1. The van der Waals surface area contributed by atoms with Gasteiger partial charge in [-0.15, -0.1) is 11.3 Å². The molecule has 0 spiro atoms. The Morgan fingerprint density at radius 3 is 2.75 bits per heavy atom. The van der Waals surface area contributed by atoms with Gasteiger partial charge >= 0.3 is 0 Å². The molecule has 0 radical (unpaired) electrons. The van der Waals surface area contributed by atoms with E-state index in [1.807, 2.05) is 23.5 Å². The molecule has 0 saturated heterocycles. The summed E-state index contributed by atoms with van der Waals surface area (Å²) in [6.07, 6.45) is 0. The lowest BCUT2D eigenvalue weighted by Crippen LogP contribution is -2.15. The van der Waals surface area contributed by atoms with E-state index < -0.39 is 0 Å². The van der Waals surface area contributed by atoms with Gasteiger partial charge in [0.05, 0.1) is 13.7 Å². The number of rotatable bonds is 7. The number of methoxy groups -OCH3 is 1. The maximum Gasteiger partial charge on any atom is 0.120 e. The summed E-state index contributed by atoms with van der Waals surface area (Å²) in [6, 6.07) is 12.6. The third-order valence-electron chi connectivity index (χ3n) is 3.15. The Labute approximate surface area is 125 Å². The Morgan fingerprint density at radius 1 is 1.20 bits per heavy atom. The van der Waals surface area contributed by atoms with Crippen LogP contribution in [-0.2, 0) is 13.1 Å². The molecular formula is C16H22N2OS. The third-order valence-corrected chi connectivity index (χ3v) is 4.22. The van der Waals surface area contributed by atoms with Crippen LogP contribution in [0.25, 0.3) is 0 Å². The molecule has 1 aromatic carbocycles. The molecule has 0 amide bonds. The molecule has 1 heterocycles. The van der Waals surface area contributed by atoms with Crippen LogP contribution in [0.2, 0.25) is 0 Å². The van der Waals surface area contributed by atoms with Gasteiger partial charge < -0.3 is 15.0 Å². The van der Waals surface area contributed by atoms with Gasteiger partial charge in [0.15, 0.2) is 0 Å². The molecule has 0 aliphatic carbocycles. The number of benzene rings is 1. The number of hydrogen-bond acceptors (Lipinski definition) is 4. The highest BCUT2D eigenvalue weighted by Gasteiger charge is 2.06. The molecule has 0 aliphatic rings. The van der Waals surface area contributed by atoms with Gasteiger partial charge in [0.25, 0.3) is 0 Å². The second kappa shape index (κ2) is 7.31. The smallest absolute Gasteiger partial charge is 0.120 e. The van der Waals surface area contributed by atoms with Crippen molar-refractivity contribution in [3.63, 3.8) is 0 Å². The second-order valence-corrected chi connectivity index (χ2v) is 5.96. The molecule has 1 aromatic heterocycles. The van der Waals surface area contributed by atoms with Crippen molar-refractivity contribution in [1.29, 1.82) is 0 Å². The maximum absolute atomic E-state index is 5.27. The van der Waals surface area contributed by atoms with Gasteiger partial charge in [0.2, 0.25) is 0 Å². The monoisotopic (exact) mass is 290 g/mol. The molecule has 1 N–H and O–H groups in total. The van der Waals surface area contributed by atoms with E-state index in [0.29, 0.717) is 0 Å². The van der Waals surface area contributed by atoms with Crippen LogP contribution in [0.4, 0.5) is 5.69 Å². The molecule has 2 aromatic rings. The average Bonchev–Trinajstić information content (AvgIpc) is 2.92. The van der Waals surface area contributed by atoms with Crippen LogP contribution in [0, 0.1) is 0 Å². The standard InChI is InChI=1S/C16H22N2OS/c1-4-17-11-15-8-9-16(20-15)12-18(2)13-6-5-7-14(10-13)19-3/h5-10,17H,4,11-12H2,1-3H3. The fraction of sp³-hybridized carbons (Fsp3) is 0.375. The average molecular weight is 290 g/mol. The van der Waals surface area contributed by atoms with Gasteiger partial charge in [-0.1, -0.05) is 13.0 Å². The minimum Gasteiger partial charge on any atom is -0.497 e. The fourth-order valence-corrected chi connectivity index (χ4v) is 3.06. The first-order valence-corrected chi connectivity index (χ1v) is 7.68. The molecule has 0 unspecified atom stereocenters. The van der Waals surface area contributed by atoms with Gasteiger partial charge in [-0.05, 0) is 30.8 Å². The Kier molecular flexibility index (Phi) is 5.44. The van der Waals surface area contributed by atoms with E-state index in [0.717, 1.165) is 25.4 Å². The molecule has 2 rings (SSSR count). The first kappa shape index (κ1) is 14.9. The van der Waals surface area contributed by atoms with Crippen molar-refractivity contribution in [3.8, 4) is 5.75 Å². The van der Waals surface area contributed by atoms with E-state index in [4.69, 9.17) is 4.74 Å². The summed E-state index contributed by atoms with van der Waals surface area (Å²) in [7, 11) is 3.81. The van der Waals surface area contributed by atoms with E-state index in [2.05, 4.69) is 48.5 Å². The minimum atomic E-state index is 0.897. The van der Waals surface area contributed by atoms with Crippen LogP contribution >= 0.6 is 11.3 Å². The van der Waals surface area contributed by atoms with Crippen LogP contribution in [0.5, 0.6) is 5.75 Å². The highest BCUT2D eigenvalue weighted by molar-refractivity contribution is 7.12. The van der Waals surface area contributed by atoms with Crippen LogP contribution in [-0.4, -0.2) is 20.7 Å². The molecule has 3 nitrogen and oxygen atoms in total. The van der Waals surface area contributed by atoms with Gasteiger partial charge in [-0.3, -0.25) is 0 Å². The zero-order valence-electron chi connectivity index (χ0n) is 12.3. The van der Waals surface area contributed by atoms with Gasteiger partial charge in [-0.25, -0.2) is 0 Å². The largest absolute Gasteiger partial charge is 0.497 e. The normalized spacial score (nSPS) is 10.6. The molecule has 0 aliphatic heterocycles. The van der Waals surface area contributed by atoms with Crippen LogP contribution in [0.3, 0.4) is 0 Å². The zero-order chi connectivity index (χ0) is 14.4. The third kappa shape index (κ3) is 3.99. The lowest BCUT2D eigenvalue weighted by molar-refractivity contribution is 0.415. The van der Waals surface area contributed by atoms with E-state index in [1.54, 1.807) is 7.11 Å². The van der Waals surface area contributed by atoms with E-state index >= 15 is 0 Å². The number of nitrogens with one attached hydrogen (secondary N) is 1. The molecule has 0 saturated carbocycles. The number of ether oxygens (including phenoxy) is 1. The molecule has 0 atom stereocenters. The molecule has 20 heavy (non-hydrogen) atoms. The molecule has 0 bridgehead atoms. The van der Waals surface area contributed by atoms with Crippen molar-refractivity contribution in [3.05, 3.63) is 46.2 Å². The SMILES string of the molecule is CCNCc1ccc(CN(C)c2cccc(OC)c2)s1. The molecular weight excluding hydrogens is 268 g/mol. The number of hydrogen-bond donors (Lipinski definition) is 1. The van der Waals surface area contributed by atoms with Gasteiger partial charge in [0, 0.05) is 35.1 Å². The lowest BCUT2D eigenvalue weighted by Gasteiger charge is -2.19. The summed E-state index contributed by atoms with van der Waals surface area (Å²) < 4.78 is 5.27. The molecule has 4 heteroatoms. The second-order valence-electron chi connectivity index (χ2n) is 4.71. The zero-order valence-corrected chi connectivity index (χ0v) is 13.2. The maximum atomic E-state index is 5.27. The van der Waals surface area contributed by atoms with E-state index in [-0.39, 0.29) is 0 Å². The summed E-state index contributed by atoms with van der Waals surface area (Å²) in [5, 5.41) is 3.36. The summed E-state index contributed by atoms with van der Waals surface area (Å²) in [4.78, 5) is 5.01. The molecule has 0 fully saturated rings. The minimum absolute atomic E-state index is 0.897. The predicted octanol–water partition coefficient (Wildman–Crippen LogP) is 3.50. The summed E-state index contributed by atoms with van der Waals surface area (Å²) in [6.45, 7) is 5.02. The van der Waals surface area contributed by atoms with E-state index in [9.17, 15) is 0 Å². The summed E-state index contributed by atoms with van der Waals surface area (Å²) >= 11 is 1.87. The predicted molar refractivity (Wildman–Crippen MR) is 86.8 cm³/mol. The topological polar surface area (TPSA) is 24.5 Å². The molecule has 108 valence electrons. The van der Waals surface area contributed by atoms with Crippen molar-refractivity contribution < 1.29 is 4.74 Å².